The van der Waals surface area contributed by atoms with E-state index in [0.29, 0.717) is 23.7 Å². The molecular formula is C24H24N2O5S. The molecule has 3 aromatic carbocycles. The molecule has 0 saturated carbocycles. The largest absolute Gasteiger partial charge is 0.497 e. The maximum atomic E-state index is 13.5. The van der Waals surface area contributed by atoms with Gasteiger partial charge in [-0.05, 0) is 54.4 Å². The average Bonchev–Trinajstić information content (AvgIpc) is 2.82. The zero-order valence-corrected chi connectivity index (χ0v) is 18.6. The highest BCUT2D eigenvalue weighted by Crippen LogP contribution is 2.38. The third-order valence-corrected chi connectivity index (χ3v) is 7.03. The number of rotatable bonds is 6. The first-order chi connectivity index (χ1) is 15.4. The summed E-state index contributed by atoms with van der Waals surface area (Å²) in [5.41, 5.74) is 2.24. The van der Waals surface area contributed by atoms with Gasteiger partial charge in [0.1, 0.15) is 11.5 Å². The van der Waals surface area contributed by atoms with Gasteiger partial charge < -0.3 is 14.8 Å². The van der Waals surface area contributed by atoms with Crippen molar-refractivity contribution in [3.63, 3.8) is 0 Å². The first-order valence-electron chi connectivity index (χ1n) is 10.1. The Morgan fingerprint density at radius 3 is 2.50 bits per heavy atom. The molecular weight excluding hydrogens is 428 g/mol. The number of amides is 1. The Morgan fingerprint density at radius 2 is 1.81 bits per heavy atom. The second-order valence-corrected chi connectivity index (χ2v) is 9.36. The van der Waals surface area contributed by atoms with E-state index in [9.17, 15) is 13.2 Å². The van der Waals surface area contributed by atoms with Crippen molar-refractivity contribution in [2.24, 2.45) is 0 Å². The first-order valence-corrected chi connectivity index (χ1v) is 11.6. The fourth-order valence-electron chi connectivity index (χ4n) is 3.50. The van der Waals surface area contributed by atoms with Crippen molar-refractivity contribution in [3.05, 3.63) is 83.9 Å². The van der Waals surface area contributed by atoms with Crippen LogP contribution >= 0.6 is 0 Å². The van der Waals surface area contributed by atoms with Gasteiger partial charge in [-0.25, -0.2) is 8.42 Å². The van der Waals surface area contributed by atoms with Crippen LogP contribution in [0.2, 0.25) is 0 Å². The number of benzene rings is 3. The molecule has 1 unspecified atom stereocenters. The molecule has 166 valence electrons. The molecule has 1 amide bonds. The predicted octanol–water partition coefficient (Wildman–Crippen LogP) is 3.28. The van der Waals surface area contributed by atoms with Crippen molar-refractivity contribution < 1.29 is 22.7 Å². The van der Waals surface area contributed by atoms with E-state index in [1.54, 1.807) is 24.3 Å². The molecule has 1 aliphatic rings. The molecule has 0 bridgehead atoms. The number of hydrogen-bond acceptors (Lipinski definition) is 5. The smallest absolute Gasteiger partial charge is 0.264 e. The molecule has 0 aromatic heterocycles. The average molecular weight is 453 g/mol. The van der Waals surface area contributed by atoms with Crippen LogP contribution in [0.1, 0.15) is 11.1 Å². The summed E-state index contributed by atoms with van der Waals surface area (Å²) in [7, 11) is -2.41. The summed E-state index contributed by atoms with van der Waals surface area (Å²) in [6.45, 7) is 2.07. The highest BCUT2D eigenvalue weighted by Gasteiger charge is 2.37. The van der Waals surface area contributed by atoms with Gasteiger partial charge in [-0.2, -0.15) is 0 Å². The first kappa shape index (κ1) is 21.7. The number of sulfonamides is 1. The number of carbonyl (C=O) groups excluding carboxylic acids is 1. The van der Waals surface area contributed by atoms with E-state index in [0.717, 1.165) is 11.1 Å². The monoisotopic (exact) mass is 452 g/mol. The molecule has 0 spiro atoms. The van der Waals surface area contributed by atoms with Gasteiger partial charge in [-0.3, -0.25) is 9.10 Å². The predicted molar refractivity (Wildman–Crippen MR) is 121 cm³/mol. The highest BCUT2D eigenvalue weighted by molar-refractivity contribution is 7.92. The van der Waals surface area contributed by atoms with Crippen molar-refractivity contribution >= 4 is 21.6 Å². The van der Waals surface area contributed by atoms with E-state index in [-0.39, 0.29) is 17.3 Å². The molecule has 32 heavy (non-hydrogen) atoms. The highest BCUT2D eigenvalue weighted by atomic mass is 32.2. The Balaban J connectivity index is 1.63. The van der Waals surface area contributed by atoms with E-state index in [2.05, 4.69) is 5.32 Å². The molecule has 7 nitrogen and oxygen atoms in total. The number of ether oxygens (including phenoxy) is 2. The molecule has 4 rings (SSSR count). The Labute approximate surface area is 187 Å². The standard InChI is InChI=1S/C24H24N2O5S/c1-17-8-13-21-22(14-17)31-23(24(27)25-15-18-6-4-3-5-7-18)16-26(21)32(28,29)20-11-9-19(30-2)10-12-20/h3-14,23H,15-16H2,1-2H3,(H,25,27). The van der Waals surface area contributed by atoms with Gasteiger partial charge in [-0.1, -0.05) is 36.4 Å². The summed E-state index contributed by atoms with van der Waals surface area (Å²) in [5, 5.41) is 2.84. The van der Waals surface area contributed by atoms with Crippen LogP contribution in [0.15, 0.2) is 77.7 Å². The topological polar surface area (TPSA) is 84.9 Å². The third-order valence-electron chi connectivity index (χ3n) is 5.23. The van der Waals surface area contributed by atoms with Gasteiger partial charge in [-0.15, -0.1) is 0 Å². The maximum absolute atomic E-state index is 13.5. The van der Waals surface area contributed by atoms with Gasteiger partial charge in [0.25, 0.3) is 15.9 Å². The molecule has 8 heteroatoms. The second kappa shape index (κ2) is 8.92. The Hall–Kier alpha value is -3.52. The minimum Gasteiger partial charge on any atom is -0.497 e. The molecule has 1 atom stereocenters. The number of carbonyl (C=O) groups is 1. The summed E-state index contributed by atoms with van der Waals surface area (Å²) >= 11 is 0. The molecule has 1 aliphatic heterocycles. The third kappa shape index (κ3) is 4.40. The summed E-state index contributed by atoms with van der Waals surface area (Å²) in [6.07, 6.45) is -0.985. The summed E-state index contributed by atoms with van der Waals surface area (Å²) in [5.74, 6) is 0.532. The van der Waals surface area contributed by atoms with Crippen LogP contribution in [-0.2, 0) is 21.4 Å². The van der Waals surface area contributed by atoms with Crippen LogP contribution in [0.3, 0.4) is 0 Å². The van der Waals surface area contributed by atoms with E-state index in [1.165, 1.54) is 23.5 Å². The van der Waals surface area contributed by atoms with Crippen molar-refractivity contribution in [1.82, 2.24) is 5.32 Å². The van der Waals surface area contributed by atoms with Crippen molar-refractivity contribution in [1.29, 1.82) is 0 Å². The van der Waals surface area contributed by atoms with E-state index in [1.807, 2.05) is 43.3 Å². The van der Waals surface area contributed by atoms with Crippen LogP contribution in [0, 0.1) is 6.92 Å². The van der Waals surface area contributed by atoms with Gasteiger partial charge >= 0.3 is 0 Å². The maximum Gasteiger partial charge on any atom is 0.264 e. The molecule has 0 saturated heterocycles. The Bertz CT molecular complexity index is 1210. The van der Waals surface area contributed by atoms with E-state index < -0.39 is 16.1 Å². The Kier molecular flexibility index (Phi) is 6.05. The number of aryl methyl sites for hydroxylation is 1. The van der Waals surface area contributed by atoms with Gasteiger partial charge in [0.15, 0.2) is 6.10 Å². The molecule has 0 aliphatic carbocycles. The number of nitrogens with one attached hydrogen (secondary N) is 1. The summed E-state index contributed by atoms with van der Waals surface area (Å²) in [4.78, 5) is 13.0. The van der Waals surface area contributed by atoms with Crippen LogP contribution in [0.4, 0.5) is 5.69 Å². The molecule has 3 aromatic rings. The number of nitrogens with zero attached hydrogens (tertiary/aromatic N) is 1. The van der Waals surface area contributed by atoms with Gasteiger partial charge in [0, 0.05) is 6.54 Å². The summed E-state index contributed by atoms with van der Waals surface area (Å²) in [6, 6.07) is 20.9. The lowest BCUT2D eigenvalue weighted by atomic mass is 10.1. The van der Waals surface area contributed by atoms with Crippen molar-refractivity contribution in [2.45, 2.75) is 24.5 Å². The van der Waals surface area contributed by atoms with Gasteiger partial charge in [0.2, 0.25) is 0 Å². The Morgan fingerprint density at radius 1 is 1.09 bits per heavy atom. The second-order valence-electron chi connectivity index (χ2n) is 7.49. The quantitative estimate of drug-likeness (QED) is 0.621. The minimum atomic E-state index is -3.93. The number of fused-ring (bicyclic) bond motifs is 1. The number of hydrogen-bond donors (Lipinski definition) is 1. The summed E-state index contributed by atoms with van der Waals surface area (Å²) < 4.78 is 39.2. The van der Waals surface area contributed by atoms with Gasteiger partial charge in [0.05, 0.1) is 24.2 Å². The molecule has 1 heterocycles. The zero-order chi connectivity index (χ0) is 22.7. The minimum absolute atomic E-state index is 0.107. The molecule has 0 radical (unpaired) electrons. The molecule has 0 fully saturated rings. The lowest BCUT2D eigenvalue weighted by Gasteiger charge is -2.35. The number of anilines is 1. The van der Waals surface area contributed by atoms with Crippen molar-refractivity contribution in [2.75, 3.05) is 18.0 Å². The fourth-order valence-corrected chi connectivity index (χ4v) is 4.98. The van der Waals surface area contributed by atoms with Crippen LogP contribution in [-0.4, -0.2) is 34.1 Å². The lowest BCUT2D eigenvalue weighted by molar-refractivity contribution is -0.127. The van der Waals surface area contributed by atoms with Crippen LogP contribution in [0.25, 0.3) is 0 Å². The fraction of sp³-hybridized carbons (Fsp3) is 0.208. The van der Waals surface area contributed by atoms with Crippen molar-refractivity contribution in [3.8, 4) is 11.5 Å². The van der Waals surface area contributed by atoms with E-state index >= 15 is 0 Å². The van der Waals surface area contributed by atoms with Crippen LogP contribution < -0.4 is 19.1 Å². The molecule has 1 N–H and O–H groups in total. The zero-order valence-electron chi connectivity index (χ0n) is 17.8. The van der Waals surface area contributed by atoms with E-state index in [4.69, 9.17) is 9.47 Å². The number of methoxy groups -OCH3 is 1. The lowest BCUT2D eigenvalue weighted by Crippen LogP contribution is -2.50. The van der Waals surface area contributed by atoms with Crippen LogP contribution in [0.5, 0.6) is 11.5 Å². The normalized spacial score (nSPS) is 15.4. The SMILES string of the molecule is COc1ccc(S(=O)(=O)N2CC(C(=O)NCc3ccccc3)Oc3cc(C)ccc32)cc1.